The van der Waals surface area contributed by atoms with E-state index in [1.165, 1.54) is 5.56 Å². The Hall–Kier alpha value is -3.06. The van der Waals surface area contributed by atoms with Crippen molar-refractivity contribution in [1.29, 1.82) is 0 Å². The van der Waals surface area contributed by atoms with E-state index in [0.717, 1.165) is 48.4 Å². The van der Waals surface area contributed by atoms with Gasteiger partial charge in [-0.15, -0.1) is 0 Å². The molecule has 3 fully saturated rings. The summed E-state index contributed by atoms with van der Waals surface area (Å²) < 4.78 is 0. The molecule has 7 nitrogen and oxygen atoms in total. The fourth-order valence-electron chi connectivity index (χ4n) is 6.41. The number of halogens is 1. The molecule has 2 aromatic rings. The fourth-order valence-corrected chi connectivity index (χ4v) is 6.54. The van der Waals surface area contributed by atoms with E-state index in [0.29, 0.717) is 44.3 Å². The summed E-state index contributed by atoms with van der Waals surface area (Å²) in [5.74, 6) is 0.0205. The van der Waals surface area contributed by atoms with Crippen molar-refractivity contribution in [2.24, 2.45) is 11.8 Å². The van der Waals surface area contributed by atoms with E-state index < -0.39 is 11.5 Å². The van der Waals surface area contributed by atoms with Gasteiger partial charge in [-0.3, -0.25) is 14.9 Å². The Bertz CT molecular complexity index is 1160. The van der Waals surface area contributed by atoms with E-state index >= 15 is 0 Å². The SMILES string of the molecule is O=C(O)Cc1cccc(N2CCC3(CC2)C(=O)NC(=O)N3CC2CCC(CCc3ccc(Cl)cc3)C2)c1. The number of nitrogens with zero attached hydrogens (tertiary/aromatic N) is 2. The zero-order valence-corrected chi connectivity index (χ0v) is 21.8. The molecule has 1 saturated carbocycles. The second-order valence-electron chi connectivity index (χ2n) is 10.8. The number of benzene rings is 2. The van der Waals surface area contributed by atoms with Gasteiger partial charge in [0, 0.05) is 30.3 Å². The number of aryl methyl sites for hydroxylation is 1. The van der Waals surface area contributed by atoms with E-state index in [4.69, 9.17) is 16.7 Å². The molecule has 196 valence electrons. The first-order chi connectivity index (χ1) is 17.8. The van der Waals surface area contributed by atoms with E-state index in [1.807, 2.05) is 41.3 Å². The molecule has 2 aromatic carbocycles. The van der Waals surface area contributed by atoms with Gasteiger partial charge in [0.15, 0.2) is 0 Å². The number of amides is 3. The summed E-state index contributed by atoms with van der Waals surface area (Å²) in [7, 11) is 0. The molecule has 8 heteroatoms. The fraction of sp³-hybridized carbons (Fsp3) is 0.483. The maximum Gasteiger partial charge on any atom is 0.325 e. The van der Waals surface area contributed by atoms with Crippen molar-refractivity contribution in [3.63, 3.8) is 0 Å². The number of piperidine rings is 1. The third-order valence-electron chi connectivity index (χ3n) is 8.47. The van der Waals surface area contributed by atoms with Gasteiger partial charge in [-0.2, -0.15) is 0 Å². The summed E-state index contributed by atoms with van der Waals surface area (Å²) in [6, 6.07) is 15.4. The number of hydrogen-bond donors (Lipinski definition) is 2. The third-order valence-corrected chi connectivity index (χ3v) is 8.72. The highest BCUT2D eigenvalue weighted by Crippen LogP contribution is 2.40. The summed E-state index contributed by atoms with van der Waals surface area (Å²) in [4.78, 5) is 41.0. The first-order valence-electron chi connectivity index (χ1n) is 13.3. The van der Waals surface area contributed by atoms with E-state index in [-0.39, 0.29) is 18.4 Å². The van der Waals surface area contributed by atoms with Gasteiger partial charge in [0.05, 0.1) is 6.42 Å². The Kier molecular flexibility index (Phi) is 7.43. The number of urea groups is 1. The number of rotatable bonds is 8. The largest absolute Gasteiger partial charge is 0.481 e. The van der Waals surface area contributed by atoms with Crippen LogP contribution >= 0.6 is 11.6 Å². The van der Waals surface area contributed by atoms with Gasteiger partial charge >= 0.3 is 12.0 Å². The van der Waals surface area contributed by atoms with Crippen molar-refractivity contribution < 1.29 is 19.5 Å². The second kappa shape index (κ2) is 10.7. The normalized spacial score (nSPS) is 23.1. The lowest BCUT2D eigenvalue weighted by molar-refractivity contribution is -0.136. The summed E-state index contributed by atoms with van der Waals surface area (Å²) >= 11 is 6.00. The third kappa shape index (κ3) is 5.61. The molecule has 0 aromatic heterocycles. The molecule has 0 radical (unpaired) electrons. The Balaban J connectivity index is 1.19. The number of aliphatic carboxylic acids is 1. The van der Waals surface area contributed by atoms with Crippen LogP contribution in [0.25, 0.3) is 0 Å². The van der Waals surface area contributed by atoms with Crippen LogP contribution in [0.4, 0.5) is 10.5 Å². The molecule has 2 saturated heterocycles. The van der Waals surface area contributed by atoms with E-state index in [9.17, 15) is 14.4 Å². The van der Waals surface area contributed by atoms with Crippen molar-refractivity contribution in [1.82, 2.24) is 10.2 Å². The van der Waals surface area contributed by atoms with Gasteiger partial charge in [-0.1, -0.05) is 42.3 Å². The van der Waals surface area contributed by atoms with Gasteiger partial charge in [-0.05, 0) is 85.8 Å². The highest BCUT2D eigenvalue weighted by atomic mass is 35.5. The predicted molar refractivity (Wildman–Crippen MR) is 143 cm³/mol. The maximum absolute atomic E-state index is 13.0. The summed E-state index contributed by atoms with van der Waals surface area (Å²) in [6.45, 7) is 1.91. The quantitative estimate of drug-likeness (QED) is 0.480. The van der Waals surface area contributed by atoms with Crippen molar-refractivity contribution >= 4 is 35.2 Å². The molecule has 1 aliphatic carbocycles. The van der Waals surface area contributed by atoms with Gasteiger partial charge < -0.3 is 14.9 Å². The molecule has 2 atom stereocenters. The van der Waals surface area contributed by atoms with Crippen LogP contribution < -0.4 is 10.2 Å². The van der Waals surface area contributed by atoms with Gasteiger partial charge in [0.2, 0.25) is 0 Å². The van der Waals surface area contributed by atoms with Crippen LogP contribution in [-0.2, 0) is 22.4 Å². The number of carbonyl (C=O) groups is 3. The van der Waals surface area contributed by atoms with Crippen LogP contribution in [0.5, 0.6) is 0 Å². The highest BCUT2D eigenvalue weighted by molar-refractivity contribution is 6.30. The minimum Gasteiger partial charge on any atom is -0.481 e. The molecule has 2 unspecified atom stereocenters. The second-order valence-corrected chi connectivity index (χ2v) is 11.3. The van der Waals surface area contributed by atoms with Crippen LogP contribution in [0.3, 0.4) is 0 Å². The first-order valence-corrected chi connectivity index (χ1v) is 13.6. The zero-order chi connectivity index (χ0) is 26.0. The summed E-state index contributed by atoms with van der Waals surface area (Å²) in [5, 5.41) is 12.5. The Morgan fingerprint density at radius 3 is 2.49 bits per heavy atom. The van der Waals surface area contributed by atoms with E-state index in [1.54, 1.807) is 0 Å². The Labute approximate surface area is 222 Å². The number of imide groups is 1. The molecular weight excluding hydrogens is 490 g/mol. The number of hydrogen-bond acceptors (Lipinski definition) is 4. The number of anilines is 1. The number of nitrogens with one attached hydrogen (secondary N) is 1. The molecule has 0 bridgehead atoms. The van der Waals surface area contributed by atoms with Crippen LogP contribution in [0.2, 0.25) is 5.02 Å². The minimum absolute atomic E-state index is 0.0155. The monoisotopic (exact) mass is 523 g/mol. The zero-order valence-electron chi connectivity index (χ0n) is 21.0. The molecule has 2 heterocycles. The molecule has 37 heavy (non-hydrogen) atoms. The lowest BCUT2D eigenvalue weighted by atomic mass is 9.85. The average Bonchev–Trinajstić information content (AvgIpc) is 3.42. The standard InChI is InChI=1S/C29H34ClN3O4/c30-24-10-8-20(9-11-24)4-5-21-6-7-23(16-21)19-33-28(37)31-27(36)29(33)12-14-32(15-13-29)25-3-1-2-22(17-25)18-26(34)35/h1-3,8-11,17,21,23H,4-7,12-16,18-19H2,(H,34,35)(H,31,36,37). The van der Waals surface area contributed by atoms with Crippen molar-refractivity contribution in [2.45, 2.75) is 56.9 Å². The van der Waals surface area contributed by atoms with Crippen LogP contribution in [0.15, 0.2) is 48.5 Å². The van der Waals surface area contributed by atoms with E-state index in [2.05, 4.69) is 22.3 Å². The molecule has 5 rings (SSSR count). The number of carboxylic acid groups (broad SMARTS) is 1. The lowest BCUT2D eigenvalue weighted by Gasteiger charge is -2.43. The minimum atomic E-state index is -0.856. The van der Waals surface area contributed by atoms with Gasteiger partial charge in [0.25, 0.3) is 5.91 Å². The van der Waals surface area contributed by atoms with Gasteiger partial charge in [0.1, 0.15) is 5.54 Å². The topological polar surface area (TPSA) is 90.0 Å². The molecule has 1 spiro atoms. The van der Waals surface area contributed by atoms with Crippen LogP contribution in [-0.4, -0.2) is 53.1 Å². The van der Waals surface area contributed by atoms with Gasteiger partial charge in [-0.25, -0.2) is 4.79 Å². The van der Waals surface area contributed by atoms with Crippen molar-refractivity contribution in [3.8, 4) is 0 Å². The smallest absolute Gasteiger partial charge is 0.325 e. The highest BCUT2D eigenvalue weighted by Gasteiger charge is 2.54. The molecule has 3 aliphatic rings. The average molecular weight is 524 g/mol. The summed E-state index contributed by atoms with van der Waals surface area (Å²) in [5.41, 5.74) is 2.24. The molecule has 2 aliphatic heterocycles. The van der Waals surface area contributed by atoms with Crippen LogP contribution in [0, 0.1) is 11.8 Å². The Morgan fingerprint density at radius 1 is 1.03 bits per heavy atom. The Morgan fingerprint density at radius 2 is 1.76 bits per heavy atom. The summed E-state index contributed by atoms with van der Waals surface area (Å²) in [6.07, 6.45) is 6.62. The number of carboxylic acids is 1. The number of carbonyl (C=O) groups excluding carboxylic acids is 2. The molecular formula is C29H34ClN3O4. The van der Waals surface area contributed by atoms with Crippen molar-refractivity contribution in [2.75, 3.05) is 24.5 Å². The molecule has 2 N–H and O–H groups in total. The molecule has 3 amide bonds. The first kappa shape index (κ1) is 25.6. The maximum atomic E-state index is 13.0. The van der Waals surface area contributed by atoms with Crippen molar-refractivity contribution in [3.05, 3.63) is 64.7 Å². The lowest BCUT2D eigenvalue weighted by Crippen LogP contribution is -2.57. The predicted octanol–water partition coefficient (Wildman–Crippen LogP) is 4.91. The van der Waals surface area contributed by atoms with Crippen LogP contribution in [0.1, 0.15) is 49.7 Å².